The van der Waals surface area contributed by atoms with Gasteiger partial charge < -0.3 is 10.2 Å². The minimum atomic E-state index is -4.49. The van der Waals surface area contributed by atoms with Gasteiger partial charge in [0.1, 0.15) is 5.82 Å². The van der Waals surface area contributed by atoms with Gasteiger partial charge in [0, 0.05) is 17.8 Å². The number of fused-ring (bicyclic) bond motifs is 1. The summed E-state index contributed by atoms with van der Waals surface area (Å²) in [4.78, 5) is 14.2. The molecule has 156 valence electrons. The number of halogens is 4. The quantitative estimate of drug-likeness (QED) is 0.591. The van der Waals surface area contributed by atoms with Gasteiger partial charge in [-0.25, -0.2) is 9.18 Å². The molecular formula is C21H18F4N4O. The van der Waals surface area contributed by atoms with Crippen molar-refractivity contribution in [1.82, 2.24) is 14.7 Å². The van der Waals surface area contributed by atoms with Crippen LogP contribution in [0.4, 0.5) is 28.0 Å². The van der Waals surface area contributed by atoms with Crippen molar-refractivity contribution in [3.63, 3.8) is 0 Å². The third-order valence-electron chi connectivity index (χ3n) is 5.11. The number of amides is 2. The monoisotopic (exact) mass is 418 g/mol. The zero-order valence-electron chi connectivity index (χ0n) is 16.0. The lowest BCUT2D eigenvalue weighted by Crippen LogP contribution is -2.41. The van der Waals surface area contributed by atoms with Gasteiger partial charge in [-0.05, 0) is 42.3 Å². The van der Waals surface area contributed by atoms with Gasteiger partial charge >= 0.3 is 12.2 Å². The van der Waals surface area contributed by atoms with Crippen LogP contribution in [0, 0.1) is 12.7 Å². The van der Waals surface area contributed by atoms with Gasteiger partial charge in [-0.2, -0.15) is 18.3 Å². The van der Waals surface area contributed by atoms with Crippen molar-refractivity contribution >= 4 is 11.7 Å². The Kier molecular flexibility index (Phi) is 4.97. The van der Waals surface area contributed by atoms with E-state index in [1.54, 1.807) is 23.0 Å². The van der Waals surface area contributed by atoms with Crippen LogP contribution in [-0.2, 0) is 19.3 Å². The van der Waals surface area contributed by atoms with Gasteiger partial charge in [-0.15, -0.1) is 0 Å². The summed E-state index contributed by atoms with van der Waals surface area (Å²) < 4.78 is 54.4. The Morgan fingerprint density at radius 3 is 2.53 bits per heavy atom. The summed E-state index contributed by atoms with van der Waals surface area (Å²) in [5.74, 6) is -0.350. The second-order valence-corrected chi connectivity index (χ2v) is 7.11. The molecule has 0 radical (unpaired) electrons. The van der Waals surface area contributed by atoms with Gasteiger partial charge in [0.2, 0.25) is 0 Å². The maximum atomic E-state index is 13.2. The molecule has 0 saturated carbocycles. The van der Waals surface area contributed by atoms with Crippen LogP contribution in [0.5, 0.6) is 0 Å². The fourth-order valence-corrected chi connectivity index (χ4v) is 3.50. The van der Waals surface area contributed by atoms with E-state index in [1.807, 2.05) is 0 Å². The highest BCUT2D eigenvalue weighted by Gasteiger charge is 2.33. The van der Waals surface area contributed by atoms with Crippen LogP contribution in [-0.4, -0.2) is 27.3 Å². The second kappa shape index (κ2) is 7.47. The van der Waals surface area contributed by atoms with Crippen LogP contribution in [0.1, 0.15) is 16.8 Å². The molecule has 0 aliphatic carbocycles. The number of aromatic nitrogens is 2. The molecule has 0 unspecified atom stereocenters. The third kappa shape index (κ3) is 3.87. The highest BCUT2D eigenvalue weighted by Crippen LogP contribution is 2.33. The number of rotatable bonds is 2. The minimum Gasteiger partial charge on any atom is -0.317 e. The Morgan fingerprint density at radius 2 is 1.83 bits per heavy atom. The van der Waals surface area contributed by atoms with E-state index in [1.165, 1.54) is 36.1 Å². The fourth-order valence-electron chi connectivity index (χ4n) is 3.50. The Balaban J connectivity index is 1.53. The first-order chi connectivity index (χ1) is 14.2. The number of benzene rings is 2. The van der Waals surface area contributed by atoms with Crippen LogP contribution >= 0.6 is 0 Å². The van der Waals surface area contributed by atoms with E-state index in [0.29, 0.717) is 13.1 Å². The highest BCUT2D eigenvalue weighted by molar-refractivity contribution is 5.89. The largest absolute Gasteiger partial charge is 0.416 e. The Morgan fingerprint density at radius 1 is 1.10 bits per heavy atom. The number of hydrogen-bond donors (Lipinski definition) is 1. The molecule has 0 bridgehead atoms. The zero-order valence-corrected chi connectivity index (χ0v) is 16.0. The van der Waals surface area contributed by atoms with Crippen molar-refractivity contribution in [2.45, 2.75) is 26.2 Å². The second-order valence-electron chi connectivity index (χ2n) is 7.11. The summed E-state index contributed by atoms with van der Waals surface area (Å²) in [6.07, 6.45) is -2.83. The molecule has 0 saturated heterocycles. The Bertz CT molecular complexity index is 1090. The first-order valence-corrected chi connectivity index (χ1v) is 9.27. The SMILES string of the molecule is Cc1ccc(NC(=O)N2CCn3ncc(-c4ccc(F)cc4)c3C2)cc1C(F)(F)F. The van der Waals surface area contributed by atoms with Gasteiger partial charge in [-0.3, -0.25) is 4.68 Å². The minimum absolute atomic E-state index is 0.0794. The van der Waals surface area contributed by atoms with Crippen LogP contribution in [0.3, 0.4) is 0 Å². The molecule has 1 aliphatic heterocycles. The average molecular weight is 418 g/mol. The van der Waals surface area contributed by atoms with Gasteiger partial charge in [0.25, 0.3) is 0 Å². The summed E-state index contributed by atoms with van der Waals surface area (Å²) in [5, 5.41) is 6.87. The number of hydrogen-bond acceptors (Lipinski definition) is 2. The van der Waals surface area contributed by atoms with Crippen LogP contribution in [0.25, 0.3) is 11.1 Å². The maximum Gasteiger partial charge on any atom is 0.416 e. The van der Waals surface area contributed by atoms with Crippen molar-refractivity contribution in [3.05, 3.63) is 71.3 Å². The molecule has 3 aromatic rings. The Hall–Kier alpha value is -3.36. The molecule has 2 aromatic carbocycles. The lowest BCUT2D eigenvalue weighted by molar-refractivity contribution is -0.138. The lowest BCUT2D eigenvalue weighted by Gasteiger charge is -2.28. The van der Waals surface area contributed by atoms with E-state index < -0.39 is 17.8 Å². The smallest absolute Gasteiger partial charge is 0.317 e. The summed E-state index contributed by atoms with van der Waals surface area (Å²) in [6, 6.07) is 9.19. The Labute approximate surface area is 169 Å². The summed E-state index contributed by atoms with van der Waals surface area (Å²) in [7, 11) is 0. The molecule has 1 N–H and O–H groups in total. The summed E-state index contributed by atoms with van der Waals surface area (Å²) in [5.41, 5.74) is 1.72. The van der Waals surface area contributed by atoms with Crippen LogP contribution in [0.15, 0.2) is 48.7 Å². The molecule has 9 heteroatoms. The number of nitrogens with zero attached hydrogens (tertiary/aromatic N) is 3. The first-order valence-electron chi connectivity index (χ1n) is 9.27. The molecule has 5 nitrogen and oxygen atoms in total. The molecule has 1 aromatic heterocycles. The third-order valence-corrected chi connectivity index (χ3v) is 5.11. The highest BCUT2D eigenvalue weighted by atomic mass is 19.4. The van der Waals surface area contributed by atoms with Crippen molar-refractivity contribution in [3.8, 4) is 11.1 Å². The van der Waals surface area contributed by atoms with Gasteiger partial charge in [0.05, 0.1) is 30.5 Å². The van der Waals surface area contributed by atoms with Crippen molar-refractivity contribution in [1.29, 1.82) is 0 Å². The molecule has 1 aliphatic rings. The van der Waals surface area contributed by atoms with E-state index in [2.05, 4.69) is 10.4 Å². The average Bonchev–Trinajstić information content (AvgIpc) is 3.12. The standard InChI is InChI=1S/C21H18F4N4O/c1-13-2-7-16(10-18(13)21(23,24)25)27-20(30)28-8-9-29-19(12-28)17(11-26-29)14-3-5-15(22)6-4-14/h2-7,10-11H,8-9,12H2,1H3,(H,27,30). The van der Waals surface area contributed by atoms with Crippen LogP contribution < -0.4 is 5.32 Å². The van der Waals surface area contributed by atoms with Gasteiger partial charge in [-0.1, -0.05) is 18.2 Å². The van der Waals surface area contributed by atoms with Crippen LogP contribution in [0.2, 0.25) is 0 Å². The molecule has 2 amide bonds. The number of urea groups is 1. The summed E-state index contributed by atoms with van der Waals surface area (Å²) in [6.45, 7) is 2.42. The molecule has 0 atom stereocenters. The number of carbonyl (C=O) groups excluding carboxylic acids is 1. The van der Waals surface area contributed by atoms with E-state index >= 15 is 0 Å². The van der Waals surface area contributed by atoms with E-state index in [0.717, 1.165) is 22.9 Å². The molecule has 2 heterocycles. The maximum absolute atomic E-state index is 13.2. The van der Waals surface area contributed by atoms with E-state index in [4.69, 9.17) is 0 Å². The number of aryl methyl sites for hydroxylation is 1. The zero-order chi connectivity index (χ0) is 21.5. The predicted octanol–water partition coefficient (Wildman–Crippen LogP) is 5.06. The molecule has 4 rings (SSSR count). The molecular weight excluding hydrogens is 400 g/mol. The van der Waals surface area contributed by atoms with Gasteiger partial charge in [0.15, 0.2) is 0 Å². The molecule has 0 fully saturated rings. The first kappa shape index (κ1) is 19.9. The lowest BCUT2D eigenvalue weighted by atomic mass is 10.1. The van der Waals surface area contributed by atoms with Crippen molar-refractivity contribution < 1.29 is 22.4 Å². The van der Waals surface area contributed by atoms with Crippen molar-refractivity contribution in [2.24, 2.45) is 0 Å². The van der Waals surface area contributed by atoms with E-state index in [9.17, 15) is 22.4 Å². The summed E-state index contributed by atoms with van der Waals surface area (Å²) >= 11 is 0. The fraction of sp³-hybridized carbons (Fsp3) is 0.238. The number of anilines is 1. The number of carbonyl (C=O) groups is 1. The normalized spacial score (nSPS) is 13.8. The predicted molar refractivity (Wildman–Crippen MR) is 103 cm³/mol. The topological polar surface area (TPSA) is 50.2 Å². The number of nitrogens with one attached hydrogen (secondary N) is 1. The van der Waals surface area contributed by atoms with Crippen molar-refractivity contribution in [2.75, 3.05) is 11.9 Å². The number of alkyl halides is 3. The molecule has 0 spiro atoms. The molecule has 30 heavy (non-hydrogen) atoms. The van der Waals surface area contributed by atoms with E-state index in [-0.39, 0.29) is 23.6 Å².